The summed E-state index contributed by atoms with van der Waals surface area (Å²) < 4.78 is 7.89. The lowest BCUT2D eigenvalue weighted by atomic mass is 9.76. The molecule has 0 saturated heterocycles. The van der Waals surface area contributed by atoms with E-state index >= 15 is 0 Å². The van der Waals surface area contributed by atoms with Gasteiger partial charge in [0.05, 0.1) is 5.57 Å². The highest BCUT2D eigenvalue weighted by atomic mass is 16.6. The number of carbonyl (C=O) groups is 1. The first-order valence-electron chi connectivity index (χ1n) is 12.9. The Hall–Kier alpha value is -3.42. The molecular weight excluding hydrogens is 456 g/mol. The van der Waals surface area contributed by atoms with Gasteiger partial charge in [0.15, 0.2) is 5.82 Å². The van der Waals surface area contributed by atoms with Crippen molar-refractivity contribution in [3.05, 3.63) is 63.9 Å². The van der Waals surface area contributed by atoms with E-state index < -0.39 is 11.6 Å². The predicted molar refractivity (Wildman–Crippen MR) is 135 cm³/mol. The van der Waals surface area contributed by atoms with Crippen molar-refractivity contribution < 1.29 is 19.7 Å². The second-order valence-electron chi connectivity index (χ2n) is 10.4. The van der Waals surface area contributed by atoms with E-state index in [4.69, 9.17) is 4.74 Å². The molecule has 36 heavy (non-hydrogen) atoms. The van der Waals surface area contributed by atoms with Crippen LogP contribution >= 0.6 is 0 Å². The average Bonchev–Trinajstić information content (AvgIpc) is 3.50. The molecule has 8 nitrogen and oxygen atoms in total. The quantitative estimate of drug-likeness (QED) is 0.455. The minimum atomic E-state index is -0.749. The Balaban J connectivity index is 1.41. The van der Waals surface area contributed by atoms with Crippen molar-refractivity contribution in [1.82, 2.24) is 19.6 Å². The number of hydrogen-bond donors (Lipinski definition) is 2. The highest BCUT2D eigenvalue weighted by molar-refractivity contribution is 5.90. The summed E-state index contributed by atoms with van der Waals surface area (Å²) in [5.41, 5.74) is 3.31. The van der Waals surface area contributed by atoms with Crippen molar-refractivity contribution in [3.8, 4) is 5.75 Å². The van der Waals surface area contributed by atoms with Crippen LogP contribution in [-0.4, -0.2) is 41.4 Å². The van der Waals surface area contributed by atoms with Gasteiger partial charge in [0, 0.05) is 24.2 Å². The highest BCUT2D eigenvalue weighted by Gasteiger charge is 2.48. The summed E-state index contributed by atoms with van der Waals surface area (Å²) in [6.45, 7) is 5.89. The van der Waals surface area contributed by atoms with Crippen LogP contribution in [0.3, 0.4) is 0 Å². The van der Waals surface area contributed by atoms with Crippen LogP contribution in [0.15, 0.2) is 35.6 Å². The van der Waals surface area contributed by atoms with Gasteiger partial charge in [-0.15, -0.1) is 5.10 Å². The molecule has 1 unspecified atom stereocenters. The molecule has 2 aliphatic rings. The van der Waals surface area contributed by atoms with E-state index in [1.165, 1.54) is 0 Å². The first-order valence-corrected chi connectivity index (χ1v) is 12.9. The van der Waals surface area contributed by atoms with Crippen molar-refractivity contribution in [3.63, 3.8) is 0 Å². The Morgan fingerprint density at radius 3 is 2.56 bits per heavy atom. The Bertz CT molecular complexity index is 1340. The maximum absolute atomic E-state index is 13.3. The molecule has 2 aromatic heterocycles. The van der Waals surface area contributed by atoms with Gasteiger partial charge in [-0.1, -0.05) is 25.8 Å². The minimum absolute atomic E-state index is 0.0722. The number of carbonyl (C=O) groups excluding carboxylic acids is 1. The van der Waals surface area contributed by atoms with Crippen LogP contribution < -0.4 is 0 Å². The summed E-state index contributed by atoms with van der Waals surface area (Å²) >= 11 is 0. The van der Waals surface area contributed by atoms with E-state index in [0.29, 0.717) is 30.9 Å². The first kappa shape index (κ1) is 24.3. The van der Waals surface area contributed by atoms with Crippen LogP contribution in [0.4, 0.5) is 0 Å². The predicted octanol–water partition coefficient (Wildman–Crippen LogP) is 4.87. The number of aromatic hydroxyl groups is 1. The third kappa shape index (κ3) is 4.68. The van der Waals surface area contributed by atoms with E-state index in [9.17, 15) is 15.0 Å². The Morgan fingerprint density at radius 1 is 1.08 bits per heavy atom. The van der Waals surface area contributed by atoms with Crippen LogP contribution in [0.1, 0.15) is 73.8 Å². The number of fused-ring (bicyclic) bond motifs is 1. The number of hydrogen-bond acceptors (Lipinski definition) is 7. The molecule has 2 N–H and O–H groups in total. The van der Waals surface area contributed by atoms with Crippen LogP contribution in [0.5, 0.6) is 5.75 Å². The van der Waals surface area contributed by atoms with Gasteiger partial charge in [-0.25, -0.2) is 14.3 Å². The zero-order valence-corrected chi connectivity index (χ0v) is 21.3. The van der Waals surface area contributed by atoms with Crippen LogP contribution in [0.2, 0.25) is 0 Å². The summed E-state index contributed by atoms with van der Waals surface area (Å²) in [6, 6.07) is 7.58. The van der Waals surface area contributed by atoms with Gasteiger partial charge in [-0.05, 0) is 81.2 Å². The lowest BCUT2D eigenvalue weighted by Gasteiger charge is -2.41. The molecule has 8 heteroatoms. The van der Waals surface area contributed by atoms with Gasteiger partial charge in [-0.3, -0.25) is 0 Å². The molecule has 1 aliphatic heterocycles. The topological polar surface area (TPSA) is 110 Å². The minimum Gasteiger partial charge on any atom is -0.512 e. The fraction of sp³-hybridized carbons (Fsp3) is 0.500. The molecule has 3 aromatic rings. The fourth-order valence-corrected chi connectivity index (χ4v) is 5.88. The van der Waals surface area contributed by atoms with Crippen molar-refractivity contribution in [2.45, 2.75) is 84.2 Å². The van der Waals surface area contributed by atoms with Gasteiger partial charge >= 0.3 is 5.97 Å². The number of ether oxygens (including phenoxy) is 1. The van der Waals surface area contributed by atoms with Crippen molar-refractivity contribution >= 4 is 11.7 Å². The van der Waals surface area contributed by atoms with Crippen molar-refractivity contribution in [2.24, 2.45) is 5.92 Å². The SMILES string of the molecule is CCc1cc(O)cc(CCC2(C3CCCC3)CC(O)=C(Cc3nc4nc(C)cc(C)n4n3)C(=O)O2)c1. The van der Waals surface area contributed by atoms with Gasteiger partial charge in [0.1, 0.15) is 17.1 Å². The van der Waals surface area contributed by atoms with Crippen molar-refractivity contribution in [2.75, 3.05) is 0 Å². The number of benzene rings is 1. The van der Waals surface area contributed by atoms with Gasteiger partial charge in [0.25, 0.3) is 5.78 Å². The summed E-state index contributed by atoms with van der Waals surface area (Å²) in [6.07, 6.45) is 6.65. The van der Waals surface area contributed by atoms with E-state index in [1.807, 2.05) is 19.9 Å². The highest BCUT2D eigenvalue weighted by Crippen LogP contribution is 2.46. The number of phenolic OH excluding ortho intramolecular Hbond substituents is 1. The first-order chi connectivity index (χ1) is 17.3. The molecule has 0 bridgehead atoms. The number of aromatic nitrogens is 4. The number of esters is 1. The lowest BCUT2D eigenvalue weighted by Crippen LogP contribution is -2.46. The van der Waals surface area contributed by atoms with E-state index in [0.717, 1.165) is 54.6 Å². The van der Waals surface area contributed by atoms with Crippen molar-refractivity contribution in [1.29, 1.82) is 0 Å². The van der Waals surface area contributed by atoms with Gasteiger partial charge < -0.3 is 14.9 Å². The molecular formula is C28H34N4O4. The van der Waals surface area contributed by atoms with Gasteiger partial charge in [-0.2, -0.15) is 4.98 Å². The van der Waals surface area contributed by atoms with Crippen LogP contribution in [0, 0.1) is 19.8 Å². The summed E-state index contributed by atoms with van der Waals surface area (Å²) in [5, 5.41) is 25.8. The number of phenols is 1. The molecule has 3 heterocycles. The smallest absolute Gasteiger partial charge is 0.338 e. The number of cyclic esters (lactones) is 1. The summed E-state index contributed by atoms with van der Waals surface area (Å²) in [4.78, 5) is 22.2. The van der Waals surface area contributed by atoms with Crippen LogP contribution in [0.25, 0.3) is 5.78 Å². The standard InChI is InChI=1S/C28H34N4O4/c1-4-19-12-20(14-22(33)13-19)9-10-28(21-7-5-6-8-21)16-24(34)23(26(35)36-28)15-25-30-27-29-17(2)11-18(3)32(27)31-25/h11-14,21,33-34H,4-10,15-16H2,1-3H3. The zero-order valence-electron chi connectivity index (χ0n) is 21.3. The van der Waals surface area contributed by atoms with E-state index in [1.54, 1.807) is 16.6 Å². The molecule has 1 atom stereocenters. The zero-order chi connectivity index (χ0) is 25.4. The maximum Gasteiger partial charge on any atom is 0.338 e. The Labute approximate surface area is 211 Å². The molecule has 1 saturated carbocycles. The third-order valence-corrected chi connectivity index (χ3v) is 7.74. The van der Waals surface area contributed by atoms with E-state index in [-0.39, 0.29) is 29.4 Å². The number of aliphatic hydroxyl groups excluding tert-OH is 1. The molecule has 5 rings (SSSR count). The Morgan fingerprint density at radius 2 is 1.83 bits per heavy atom. The number of aliphatic hydroxyl groups is 1. The fourth-order valence-electron chi connectivity index (χ4n) is 5.88. The van der Waals surface area contributed by atoms with Crippen LogP contribution in [-0.2, 0) is 28.8 Å². The Kier molecular flexibility index (Phi) is 6.45. The molecule has 1 fully saturated rings. The lowest BCUT2D eigenvalue weighted by molar-refractivity contribution is -0.167. The summed E-state index contributed by atoms with van der Waals surface area (Å²) in [5.74, 6) is 0.944. The van der Waals surface area contributed by atoms with Gasteiger partial charge in [0.2, 0.25) is 0 Å². The normalized spacial score (nSPS) is 20.9. The molecule has 190 valence electrons. The second-order valence-corrected chi connectivity index (χ2v) is 10.4. The third-order valence-electron chi connectivity index (χ3n) is 7.74. The maximum atomic E-state index is 13.3. The molecule has 0 amide bonds. The second kappa shape index (κ2) is 9.56. The monoisotopic (exact) mass is 490 g/mol. The summed E-state index contributed by atoms with van der Waals surface area (Å²) in [7, 11) is 0. The molecule has 0 radical (unpaired) electrons. The number of rotatable bonds is 7. The average molecular weight is 491 g/mol. The number of nitrogens with zero attached hydrogens (tertiary/aromatic N) is 4. The molecule has 1 aromatic carbocycles. The molecule has 0 spiro atoms. The molecule has 1 aliphatic carbocycles. The largest absolute Gasteiger partial charge is 0.512 e. The van der Waals surface area contributed by atoms with E-state index in [2.05, 4.69) is 28.1 Å². The number of aryl methyl sites for hydroxylation is 4.